The maximum atomic E-state index is 13.7. The maximum Gasteiger partial charge on any atom is 0.293 e. The molecule has 1 aliphatic carbocycles. The van der Waals surface area contributed by atoms with Crippen molar-refractivity contribution in [3.63, 3.8) is 0 Å². The fourth-order valence-electron chi connectivity index (χ4n) is 4.72. The van der Waals surface area contributed by atoms with Crippen molar-refractivity contribution in [1.82, 2.24) is 9.80 Å². The van der Waals surface area contributed by atoms with Crippen molar-refractivity contribution >= 4 is 35.3 Å². The first-order valence-electron chi connectivity index (χ1n) is 13.3. The van der Waals surface area contributed by atoms with Gasteiger partial charge in [0.1, 0.15) is 23.0 Å². The van der Waals surface area contributed by atoms with Crippen molar-refractivity contribution in [1.29, 1.82) is 5.41 Å². The first-order valence-corrected chi connectivity index (χ1v) is 13.7. The van der Waals surface area contributed by atoms with Gasteiger partial charge in [-0.05, 0) is 66.9 Å². The number of nitrogens with one attached hydrogen (secondary N) is 2. The van der Waals surface area contributed by atoms with E-state index in [4.69, 9.17) is 26.5 Å². The molecule has 1 aliphatic heterocycles. The summed E-state index contributed by atoms with van der Waals surface area (Å²) >= 11 is 6.00. The van der Waals surface area contributed by atoms with Gasteiger partial charge in [0.05, 0.1) is 7.11 Å². The zero-order valence-corrected chi connectivity index (χ0v) is 23.3. The van der Waals surface area contributed by atoms with Crippen LogP contribution in [0.3, 0.4) is 0 Å². The van der Waals surface area contributed by atoms with Gasteiger partial charge < -0.3 is 30.0 Å². The Balaban J connectivity index is 1.41. The van der Waals surface area contributed by atoms with Gasteiger partial charge in [-0.3, -0.25) is 9.59 Å². The number of amides is 2. The van der Waals surface area contributed by atoms with Gasteiger partial charge in [0.15, 0.2) is 0 Å². The molecule has 0 radical (unpaired) electrons. The molecule has 8 nitrogen and oxygen atoms in total. The first kappa shape index (κ1) is 28.2. The van der Waals surface area contributed by atoms with Gasteiger partial charge in [-0.1, -0.05) is 23.7 Å². The van der Waals surface area contributed by atoms with E-state index in [1.165, 1.54) is 19.2 Å². The lowest BCUT2D eigenvalue weighted by Gasteiger charge is -2.36. The number of hydrogen-bond acceptors (Lipinski definition) is 6. The lowest BCUT2D eigenvalue weighted by atomic mass is 10.0. The second-order valence-corrected chi connectivity index (χ2v) is 10.3. The van der Waals surface area contributed by atoms with Gasteiger partial charge in [0.2, 0.25) is 11.7 Å². The summed E-state index contributed by atoms with van der Waals surface area (Å²) in [5.74, 6) is 0.102. The van der Waals surface area contributed by atoms with Gasteiger partial charge in [-0.25, -0.2) is 4.39 Å². The number of benzene rings is 3. The molecule has 3 aromatic carbocycles. The highest BCUT2D eigenvalue weighted by molar-refractivity contribution is 6.30. The largest absolute Gasteiger partial charge is 0.496 e. The van der Waals surface area contributed by atoms with Crippen LogP contribution in [0.1, 0.15) is 12.8 Å². The number of hydrogen-bond donors (Lipinski definition) is 2. The minimum Gasteiger partial charge on any atom is -0.496 e. The SMILES string of the molecule is COc1cc(F)ccc1-c1ccc(O/C(C(=O)Nc2ccc(Cl)cc2)=C(/C=N)N2CCN(C(=O)C3CC3)CC2)cc1. The Morgan fingerprint density at radius 2 is 1.63 bits per heavy atom. The van der Waals surface area contributed by atoms with E-state index < -0.39 is 11.7 Å². The summed E-state index contributed by atoms with van der Waals surface area (Å²) in [7, 11) is 1.48. The highest BCUT2D eigenvalue weighted by atomic mass is 35.5. The molecule has 0 aromatic heterocycles. The number of carbonyl (C=O) groups is 2. The van der Waals surface area contributed by atoms with Crippen LogP contribution in [0.5, 0.6) is 11.5 Å². The zero-order valence-electron chi connectivity index (χ0n) is 22.5. The van der Waals surface area contributed by atoms with E-state index in [-0.39, 0.29) is 17.6 Å². The molecule has 2 fully saturated rings. The summed E-state index contributed by atoms with van der Waals surface area (Å²) in [6, 6.07) is 17.9. The molecule has 3 aromatic rings. The number of ether oxygens (including phenoxy) is 2. The number of piperazine rings is 1. The highest BCUT2D eigenvalue weighted by Crippen LogP contribution is 2.33. The summed E-state index contributed by atoms with van der Waals surface area (Å²) in [6.07, 6.45) is 2.99. The van der Waals surface area contributed by atoms with E-state index in [1.54, 1.807) is 54.6 Å². The minimum absolute atomic E-state index is 0.0518. The third kappa shape index (κ3) is 6.69. The Bertz CT molecular complexity index is 1460. The van der Waals surface area contributed by atoms with Crippen LogP contribution in [0.2, 0.25) is 5.02 Å². The molecule has 1 heterocycles. The van der Waals surface area contributed by atoms with Crippen LogP contribution in [0.15, 0.2) is 78.2 Å². The Hall–Kier alpha value is -4.37. The van der Waals surface area contributed by atoms with E-state index in [0.717, 1.165) is 24.6 Å². The van der Waals surface area contributed by atoms with Gasteiger partial charge >= 0.3 is 0 Å². The van der Waals surface area contributed by atoms with E-state index >= 15 is 0 Å². The number of carbonyl (C=O) groups excluding carboxylic acids is 2. The molecule has 10 heteroatoms. The van der Waals surface area contributed by atoms with Crippen LogP contribution in [0.4, 0.5) is 10.1 Å². The summed E-state index contributed by atoms with van der Waals surface area (Å²) in [5.41, 5.74) is 2.30. The number of rotatable bonds is 9. The molecule has 0 spiro atoms. The third-order valence-electron chi connectivity index (χ3n) is 7.09. The number of methoxy groups -OCH3 is 1. The number of halogens is 2. The van der Waals surface area contributed by atoms with Crippen molar-refractivity contribution < 1.29 is 23.5 Å². The van der Waals surface area contributed by atoms with E-state index in [9.17, 15) is 14.0 Å². The predicted octanol–water partition coefficient (Wildman–Crippen LogP) is 5.59. The van der Waals surface area contributed by atoms with Crippen molar-refractivity contribution in [3.8, 4) is 22.6 Å². The lowest BCUT2D eigenvalue weighted by Crippen LogP contribution is -2.49. The number of nitrogens with zero attached hydrogens (tertiary/aromatic N) is 2. The van der Waals surface area contributed by atoms with Crippen LogP contribution in [-0.2, 0) is 9.59 Å². The fraction of sp³-hybridized carbons (Fsp3) is 0.258. The Kier molecular flexibility index (Phi) is 8.54. The Labute approximate surface area is 242 Å². The maximum absolute atomic E-state index is 13.7. The molecule has 1 saturated carbocycles. The fourth-order valence-corrected chi connectivity index (χ4v) is 4.84. The molecule has 212 valence electrons. The molecule has 2 aliphatic rings. The standard InChI is InChI=1S/C31H30ClFN4O4/c1-40-28-18-23(33)8-13-26(28)20-4-11-25(12-5-20)41-29(30(38)35-24-9-6-22(32)7-10-24)27(19-34)36-14-16-37(17-15-36)31(39)21-2-3-21/h4-13,18-19,21,34H,2-3,14-17H2,1H3,(H,35,38)/b29-27-,34-19?. The molecular formula is C31H30ClFN4O4. The van der Waals surface area contributed by atoms with Crippen molar-refractivity contribution in [3.05, 3.63) is 89.0 Å². The Morgan fingerprint density at radius 1 is 0.976 bits per heavy atom. The predicted molar refractivity (Wildman–Crippen MR) is 156 cm³/mol. The second kappa shape index (κ2) is 12.4. The molecule has 1 saturated heterocycles. The molecule has 0 unspecified atom stereocenters. The first-order chi connectivity index (χ1) is 19.9. The molecule has 0 bridgehead atoms. The lowest BCUT2D eigenvalue weighted by molar-refractivity contribution is -0.134. The zero-order chi connectivity index (χ0) is 28.9. The van der Waals surface area contributed by atoms with E-state index in [0.29, 0.717) is 59.6 Å². The monoisotopic (exact) mass is 576 g/mol. The number of anilines is 1. The summed E-state index contributed by atoms with van der Waals surface area (Å²) in [6.45, 7) is 1.95. The van der Waals surface area contributed by atoms with Crippen LogP contribution in [0, 0.1) is 17.1 Å². The smallest absolute Gasteiger partial charge is 0.293 e. The van der Waals surface area contributed by atoms with Crippen LogP contribution >= 0.6 is 11.6 Å². The van der Waals surface area contributed by atoms with Crippen molar-refractivity contribution in [2.24, 2.45) is 5.92 Å². The molecule has 2 amide bonds. The third-order valence-corrected chi connectivity index (χ3v) is 7.34. The van der Waals surface area contributed by atoms with Gasteiger partial charge in [0.25, 0.3) is 5.91 Å². The van der Waals surface area contributed by atoms with Crippen molar-refractivity contribution in [2.75, 3.05) is 38.6 Å². The van der Waals surface area contributed by atoms with Crippen LogP contribution in [-0.4, -0.2) is 61.1 Å². The molecule has 0 atom stereocenters. The molecule has 2 N–H and O–H groups in total. The summed E-state index contributed by atoms with van der Waals surface area (Å²) < 4.78 is 25.2. The molecule has 5 rings (SSSR count). The normalized spacial score (nSPS) is 15.6. The average molecular weight is 577 g/mol. The summed E-state index contributed by atoms with van der Waals surface area (Å²) in [4.78, 5) is 29.8. The van der Waals surface area contributed by atoms with E-state index in [2.05, 4.69) is 5.32 Å². The minimum atomic E-state index is -0.536. The van der Waals surface area contributed by atoms with Crippen LogP contribution in [0.25, 0.3) is 11.1 Å². The van der Waals surface area contributed by atoms with Gasteiger partial charge in [-0.2, -0.15) is 0 Å². The highest BCUT2D eigenvalue weighted by Gasteiger charge is 2.35. The van der Waals surface area contributed by atoms with Crippen molar-refractivity contribution in [2.45, 2.75) is 12.8 Å². The van der Waals surface area contributed by atoms with Crippen LogP contribution < -0.4 is 14.8 Å². The quantitative estimate of drug-likeness (QED) is 0.197. The van der Waals surface area contributed by atoms with E-state index in [1.807, 2.05) is 9.80 Å². The van der Waals surface area contributed by atoms with Gasteiger partial charge in [-0.15, -0.1) is 0 Å². The molecule has 41 heavy (non-hydrogen) atoms. The molecular weight excluding hydrogens is 547 g/mol. The number of allylic oxidation sites excluding steroid dienone is 1. The van der Waals surface area contributed by atoms with Gasteiger partial charge in [0, 0.05) is 60.7 Å². The second-order valence-electron chi connectivity index (χ2n) is 9.88. The topological polar surface area (TPSA) is 95.0 Å². The average Bonchev–Trinajstić information content (AvgIpc) is 3.84. The summed E-state index contributed by atoms with van der Waals surface area (Å²) in [5, 5.41) is 11.5. The Morgan fingerprint density at radius 3 is 2.24 bits per heavy atom.